The Bertz CT molecular complexity index is 534. The highest BCUT2D eigenvalue weighted by molar-refractivity contribution is 5.85. The molecule has 1 aromatic rings. The summed E-state index contributed by atoms with van der Waals surface area (Å²) in [6, 6.07) is 2.59. The minimum atomic E-state index is -4.45. The Labute approximate surface area is 152 Å². The predicted octanol–water partition coefficient (Wildman–Crippen LogP) is 4.79. The first-order valence-corrected chi connectivity index (χ1v) is 8.78. The summed E-state index contributed by atoms with van der Waals surface area (Å²) in [5.41, 5.74) is -0.561. The molecule has 142 valence electrons. The predicted molar refractivity (Wildman–Crippen MR) is 92.4 cm³/mol. The number of rotatable bonds is 3. The number of hydrogen-bond acceptors (Lipinski definition) is 2. The lowest BCUT2D eigenvalue weighted by Crippen LogP contribution is -2.47. The molecule has 2 aliphatic rings. The van der Waals surface area contributed by atoms with Crippen molar-refractivity contribution < 1.29 is 17.6 Å². The first-order valence-electron chi connectivity index (χ1n) is 8.78. The van der Waals surface area contributed by atoms with E-state index in [1.165, 1.54) is 0 Å². The molecular formula is C18H25ClF4N2. The second-order valence-electron chi connectivity index (χ2n) is 6.86. The van der Waals surface area contributed by atoms with Crippen molar-refractivity contribution in [1.29, 1.82) is 0 Å². The minimum absolute atomic E-state index is 0. The Morgan fingerprint density at radius 3 is 2.28 bits per heavy atom. The first-order chi connectivity index (χ1) is 11.5. The summed E-state index contributed by atoms with van der Waals surface area (Å²) in [6.07, 6.45) is 0.614. The van der Waals surface area contributed by atoms with Crippen LogP contribution in [0.2, 0.25) is 0 Å². The summed E-state index contributed by atoms with van der Waals surface area (Å²) in [6.45, 7) is 2.93. The van der Waals surface area contributed by atoms with Crippen LogP contribution in [-0.4, -0.2) is 31.1 Å². The van der Waals surface area contributed by atoms with Gasteiger partial charge in [-0.05, 0) is 42.5 Å². The average Bonchev–Trinajstić information content (AvgIpc) is 2.56. The maximum atomic E-state index is 13.8. The van der Waals surface area contributed by atoms with Crippen molar-refractivity contribution >= 4 is 12.4 Å². The molecule has 1 atom stereocenters. The van der Waals surface area contributed by atoms with Crippen molar-refractivity contribution in [3.8, 4) is 0 Å². The molecule has 1 aliphatic carbocycles. The fraction of sp³-hybridized carbons (Fsp3) is 0.667. The second-order valence-corrected chi connectivity index (χ2v) is 6.86. The molecule has 0 amide bonds. The van der Waals surface area contributed by atoms with Crippen molar-refractivity contribution in [2.24, 2.45) is 5.92 Å². The van der Waals surface area contributed by atoms with Gasteiger partial charge in [0.15, 0.2) is 0 Å². The zero-order chi connectivity index (χ0) is 17.2. The Hall–Kier alpha value is -0.850. The average molecular weight is 381 g/mol. The molecule has 0 radical (unpaired) electrons. The fourth-order valence-corrected chi connectivity index (χ4v) is 4.20. The van der Waals surface area contributed by atoms with Gasteiger partial charge in [-0.2, -0.15) is 13.2 Å². The summed E-state index contributed by atoms with van der Waals surface area (Å²) in [5.74, 6) is -0.423. The Balaban J connectivity index is 0.00000225. The van der Waals surface area contributed by atoms with Crippen LogP contribution >= 0.6 is 12.4 Å². The molecule has 7 heteroatoms. The van der Waals surface area contributed by atoms with E-state index in [9.17, 15) is 17.6 Å². The van der Waals surface area contributed by atoms with Crippen molar-refractivity contribution in [2.45, 2.75) is 44.3 Å². The van der Waals surface area contributed by atoms with Gasteiger partial charge in [-0.15, -0.1) is 12.4 Å². The van der Waals surface area contributed by atoms with Gasteiger partial charge in [-0.3, -0.25) is 4.90 Å². The normalized spacial score (nSPS) is 21.6. The lowest BCUT2D eigenvalue weighted by molar-refractivity contribution is -0.139. The van der Waals surface area contributed by atoms with Gasteiger partial charge in [0.05, 0.1) is 5.56 Å². The standard InChI is InChI=1S/C18H24F4N2.ClH/c19-14-6-7-16(18(20,21)22)15(12-14)17(13-4-2-1-3-5-13)24-10-8-23-9-11-24;/h6-7,12-13,17,23H,1-5,8-11H2;1H/t17-;/m1./s1. The van der Waals surface area contributed by atoms with Crippen LogP contribution in [0.4, 0.5) is 17.6 Å². The molecule has 1 N–H and O–H groups in total. The molecule has 2 fully saturated rings. The molecule has 2 nitrogen and oxygen atoms in total. The molecule has 3 rings (SSSR count). The molecule has 0 spiro atoms. The van der Waals surface area contributed by atoms with Crippen LogP contribution in [0.3, 0.4) is 0 Å². The van der Waals surface area contributed by atoms with E-state index in [1.807, 2.05) is 0 Å². The number of piperazine rings is 1. The van der Waals surface area contributed by atoms with E-state index in [0.717, 1.165) is 63.4 Å². The largest absolute Gasteiger partial charge is 0.416 e. The molecule has 1 saturated heterocycles. The maximum Gasteiger partial charge on any atom is 0.416 e. The topological polar surface area (TPSA) is 15.3 Å². The Morgan fingerprint density at radius 1 is 1.04 bits per heavy atom. The summed E-state index contributed by atoms with van der Waals surface area (Å²) < 4.78 is 54.4. The van der Waals surface area contributed by atoms with Crippen molar-refractivity contribution in [3.63, 3.8) is 0 Å². The highest BCUT2D eigenvalue weighted by atomic mass is 35.5. The van der Waals surface area contributed by atoms with Crippen LogP contribution in [0.5, 0.6) is 0 Å². The van der Waals surface area contributed by atoms with Crippen molar-refractivity contribution in [2.75, 3.05) is 26.2 Å². The van der Waals surface area contributed by atoms with Gasteiger partial charge >= 0.3 is 6.18 Å². The maximum absolute atomic E-state index is 13.8. The number of nitrogens with one attached hydrogen (secondary N) is 1. The minimum Gasteiger partial charge on any atom is -0.314 e. The molecule has 25 heavy (non-hydrogen) atoms. The van der Waals surface area contributed by atoms with E-state index < -0.39 is 17.6 Å². The SMILES string of the molecule is Cl.Fc1ccc(C(F)(F)F)c([C@@H](C2CCCCC2)N2CCNCC2)c1. The summed E-state index contributed by atoms with van der Waals surface area (Å²) in [5, 5.41) is 3.24. The van der Waals surface area contributed by atoms with Crippen molar-refractivity contribution in [3.05, 3.63) is 35.1 Å². The molecule has 1 aliphatic heterocycles. The second kappa shape index (κ2) is 8.69. The van der Waals surface area contributed by atoms with Crippen LogP contribution in [0.1, 0.15) is 49.3 Å². The van der Waals surface area contributed by atoms with Gasteiger partial charge in [-0.1, -0.05) is 19.3 Å². The molecule has 1 saturated carbocycles. The zero-order valence-electron chi connectivity index (χ0n) is 14.1. The van der Waals surface area contributed by atoms with Crippen LogP contribution < -0.4 is 5.32 Å². The Morgan fingerprint density at radius 2 is 1.68 bits per heavy atom. The molecule has 0 unspecified atom stereocenters. The van der Waals surface area contributed by atoms with Gasteiger partial charge in [0, 0.05) is 32.2 Å². The van der Waals surface area contributed by atoms with Gasteiger partial charge in [0.2, 0.25) is 0 Å². The van der Waals surface area contributed by atoms with Gasteiger partial charge < -0.3 is 5.32 Å². The van der Waals surface area contributed by atoms with Crippen LogP contribution in [0.25, 0.3) is 0 Å². The van der Waals surface area contributed by atoms with E-state index in [4.69, 9.17) is 0 Å². The molecule has 1 aromatic carbocycles. The first kappa shape index (κ1) is 20.5. The number of alkyl halides is 3. The lowest BCUT2D eigenvalue weighted by Gasteiger charge is -2.42. The van der Waals surface area contributed by atoms with Crippen LogP contribution in [0.15, 0.2) is 18.2 Å². The third-order valence-corrected chi connectivity index (χ3v) is 5.28. The highest BCUT2D eigenvalue weighted by Crippen LogP contribution is 2.43. The van der Waals surface area contributed by atoms with Gasteiger partial charge in [-0.25, -0.2) is 4.39 Å². The monoisotopic (exact) mass is 380 g/mol. The lowest BCUT2D eigenvalue weighted by atomic mass is 9.79. The molecule has 0 aromatic heterocycles. The number of halogens is 5. The third kappa shape index (κ3) is 4.86. The van der Waals surface area contributed by atoms with E-state index in [2.05, 4.69) is 10.2 Å². The summed E-state index contributed by atoms with van der Waals surface area (Å²) >= 11 is 0. The zero-order valence-corrected chi connectivity index (χ0v) is 14.9. The summed E-state index contributed by atoms with van der Waals surface area (Å²) in [7, 11) is 0. The van der Waals surface area contributed by atoms with E-state index in [1.54, 1.807) is 0 Å². The van der Waals surface area contributed by atoms with E-state index in [0.29, 0.717) is 13.1 Å². The van der Waals surface area contributed by atoms with E-state index >= 15 is 0 Å². The van der Waals surface area contributed by atoms with Crippen LogP contribution in [-0.2, 0) is 6.18 Å². The van der Waals surface area contributed by atoms with Gasteiger partial charge in [0.25, 0.3) is 0 Å². The number of benzene rings is 1. The van der Waals surface area contributed by atoms with Gasteiger partial charge in [0.1, 0.15) is 5.82 Å². The smallest absolute Gasteiger partial charge is 0.314 e. The van der Waals surface area contributed by atoms with E-state index in [-0.39, 0.29) is 29.9 Å². The quantitative estimate of drug-likeness (QED) is 0.758. The van der Waals surface area contributed by atoms with Crippen molar-refractivity contribution in [1.82, 2.24) is 10.2 Å². The molecule has 1 heterocycles. The third-order valence-electron chi connectivity index (χ3n) is 5.28. The van der Waals surface area contributed by atoms with Crippen LogP contribution in [0, 0.1) is 11.7 Å². The number of nitrogens with zero attached hydrogens (tertiary/aromatic N) is 1. The number of hydrogen-bond donors (Lipinski definition) is 1. The summed E-state index contributed by atoms with van der Waals surface area (Å²) in [4.78, 5) is 2.12. The highest BCUT2D eigenvalue weighted by Gasteiger charge is 2.39. The molecular weight excluding hydrogens is 356 g/mol. The Kier molecular flexibility index (Phi) is 7.11. The molecule has 0 bridgehead atoms. The fourth-order valence-electron chi connectivity index (χ4n) is 4.20.